The first-order chi connectivity index (χ1) is 13.8. The second-order valence-electron chi connectivity index (χ2n) is 6.83. The zero-order valence-electron chi connectivity index (χ0n) is 16.9. The minimum atomic E-state index is -0.612. The number of hydrogen-bond acceptors (Lipinski definition) is 3. The second-order valence-corrected chi connectivity index (χ2v) is 8.72. The molecule has 0 heterocycles. The Hall–Kier alpha value is -1.69. The fourth-order valence-corrected chi connectivity index (χ4v) is 3.93. The Morgan fingerprint density at radius 1 is 1.14 bits per heavy atom. The Labute approximate surface area is 187 Å². The fourth-order valence-electron chi connectivity index (χ4n) is 2.67. The Morgan fingerprint density at radius 3 is 2.45 bits per heavy atom. The third-order valence-corrected chi connectivity index (χ3v) is 6.04. The lowest BCUT2D eigenvalue weighted by Gasteiger charge is -2.29. The van der Waals surface area contributed by atoms with Crippen LogP contribution in [0, 0.1) is 6.92 Å². The molecule has 0 aliphatic heterocycles. The molecule has 0 bridgehead atoms. The molecular formula is C22H26Cl2N2O2S. The van der Waals surface area contributed by atoms with Crippen LogP contribution in [0.15, 0.2) is 47.4 Å². The average molecular weight is 453 g/mol. The van der Waals surface area contributed by atoms with E-state index in [1.165, 1.54) is 17.3 Å². The van der Waals surface area contributed by atoms with Crippen LogP contribution in [0.5, 0.6) is 0 Å². The molecular weight excluding hydrogens is 427 g/mol. The number of nitrogens with zero attached hydrogens (tertiary/aromatic N) is 1. The molecule has 2 rings (SSSR count). The molecule has 2 aromatic carbocycles. The van der Waals surface area contributed by atoms with Gasteiger partial charge < -0.3 is 10.2 Å². The van der Waals surface area contributed by atoms with E-state index in [9.17, 15) is 9.59 Å². The molecule has 1 N–H and O–H groups in total. The first kappa shape index (κ1) is 23.6. The molecule has 29 heavy (non-hydrogen) atoms. The summed E-state index contributed by atoms with van der Waals surface area (Å²) >= 11 is 13.7. The van der Waals surface area contributed by atoms with Crippen molar-refractivity contribution >= 4 is 46.8 Å². The van der Waals surface area contributed by atoms with E-state index in [1.54, 1.807) is 30.0 Å². The van der Waals surface area contributed by atoms with Crippen molar-refractivity contribution in [2.24, 2.45) is 0 Å². The van der Waals surface area contributed by atoms with E-state index >= 15 is 0 Å². The van der Waals surface area contributed by atoms with Gasteiger partial charge in [0, 0.05) is 28.0 Å². The van der Waals surface area contributed by atoms with E-state index in [0.717, 1.165) is 16.9 Å². The van der Waals surface area contributed by atoms with E-state index < -0.39 is 6.04 Å². The molecule has 7 heteroatoms. The summed E-state index contributed by atoms with van der Waals surface area (Å²) in [6.45, 7) is 6.56. The molecule has 156 valence electrons. The van der Waals surface area contributed by atoms with Crippen molar-refractivity contribution in [3.63, 3.8) is 0 Å². The molecule has 0 saturated heterocycles. The summed E-state index contributed by atoms with van der Waals surface area (Å²) < 4.78 is 0. The van der Waals surface area contributed by atoms with E-state index in [2.05, 4.69) is 5.32 Å². The predicted molar refractivity (Wildman–Crippen MR) is 122 cm³/mol. The Bertz CT molecular complexity index is 843. The van der Waals surface area contributed by atoms with Gasteiger partial charge in [0.2, 0.25) is 11.8 Å². The topological polar surface area (TPSA) is 49.4 Å². The summed E-state index contributed by atoms with van der Waals surface area (Å²) in [6, 6.07) is 12.6. The number of halogens is 2. The van der Waals surface area contributed by atoms with Crippen molar-refractivity contribution in [2.45, 2.75) is 44.7 Å². The van der Waals surface area contributed by atoms with Gasteiger partial charge in [-0.2, -0.15) is 0 Å². The quantitative estimate of drug-likeness (QED) is 0.522. The van der Waals surface area contributed by atoms with Crippen LogP contribution in [-0.2, 0) is 16.1 Å². The Kier molecular flexibility index (Phi) is 9.34. The number of nitrogens with one attached hydrogen (secondary N) is 1. The van der Waals surface area contributed by atoms with Crippen molar-refractivity contribution < 1.29 is 9.59 Å². The highest BCUT2D eigenvalue weighted by Gasteiger charge is 2.26. The van der Waals surface area contributed by atoms with Gasteiger partial charge in [0.15, 0.2) is 0 Å². The van der Waals surface area contributed by atoms with Crippen LogP contribution in [0.25, 0.3) is 0 Å². The first-order valence-electron chi connectivity index (χ1n) is 9.52. The SMILES string of the molecule is CCCNC(=O)[C@H](C)N(Cc1ccc(Cl)cc1Cl)C(=O)CSc1ccc(C)cc1. The minimum absolute atomic E-state index is 0.124. The van der Waals surface area contributed by atoms with Crippen LogP contribution >= 0.6 is 35.0 Å². The van der Waals surface area contributed by atoms with E-state index in [0.29, 0.717) is 16.6 Å². The van der Waals surface area contributed by atoms with Crippen LogP contribution in [0.3, 0.4) is 0 Å². The highest BCUT2D eigenvalue weighted by atomic mass is 35.5. The lowest BCUT2D eigenvalue weighted by Crippen LogP contribution is -2.48. The standard InChI is InChI=1S/C22H26Cl2N2O2S/c1-4-11-25-22(28)16(3)26(13-17-7-8-18(23)12-20(17)24)21(27)14-29-19-9-5-15(2)6-10-19/h5-10,12,16H,4,11,13-14H2,1-3H3,(H,25,28)/t16-/m0/s1. The maximum Gasteiger partial charge on any atom is 0.242 e. The van der Waals surface area contributed by atoms with Crippen LogP contribution in [0.2, 0.25) is 10.0 Å². The van der Waals surface area contributed by atoms with Crippen LogP contribution in [-0.4, -0.2) is 35.1 Å². The molecule has 2 aromatic rings. The largest absolute Gasteiger partial charge is 0.354 e. The number of thioether (sulfide) groups is 1. The van der Waals surface area contributed by atoms with Gasteiger partial charge in [-0.1, -0.05) is 53.9 Å². The summed E-state index contributed by atoms with van der Waals surface area (Å²) in [4.78, 5) is 28.1. The third kappa shape index (κ3) is 7.25. The highest BCUT2D eigenvalue weighted by molar-refractivity contribution is 8.00. The van der Waals surface area contributed by atoms with Gasteiger partial charge in [-0.25, -0.2) is 0 Å². The van der Waals surface area contributed by atoms with Crippen LogP contribution in [0.4, 0.5) is 0 Å². The summed E-state index contributed by atoms with van der Waals surface area (Å²) in [5.41, 5.74) is 1.92. The lowest BCUT2D eigenvalue weighted by molar-refractivity contribution is -0.138. The maximum atomic E-state index is 13.0. The predicted octanol–water partition coefficient (Wildman–Crippen LogP) is 5.34. The minimum Gasteiger partial charge on any atom is -0.354 e. The summed E-state index contributed by atoms with van der Waals surface area (Å²) in [5.74, 6) is -0.0639. The van der Waals surface area contributed by atoms with Crippen molar-refractivity contribution in [1.82, 2.24) is 10.2 Å². The average Bonchev–Trinajstić information content (AvgIpc) is 2.70. The Morgan fingerprint density at radius 2 is 1.83 bits per heavy atom. The number of amides is 2. The van der Waals surface area contributed by atoms with Gasteiger partial charge in [0.1, 0.15) is 6.04 Å². The van der Waals surface area contributed by atoms with Crippen molar-refractivity contribution in [3.05, 3.63) is 63.6 Å². The van der Waals surface area contributed by atoms with E-state index in [1.807, 2.05) is 38.1 Å². The Balaban J connectivity index is 2.16. The monoisotopic (exact) mass is 452 g/mol. The molecule has 0 aliphatic carbocycles. The van der Waals surface area contributed by atoms with Gasteiger partial charge >= 0.3 is 0 Å². The second kappa shape index (κ2) is 11.5. The van der Waals surface area contributed by atoms with Crippen molar-refractivity contribution in [2.75, 3.05) is 12.3 Å². The fraction of sp³-hybridized carbons (Fsp3) is 0.364. The van der Waals surface area contributed by atoms with Crippen molar-refractivity contribution in [1.29, 1.82) is 0 Å². The molecule has 0 unspecified atom stereocenters. The van der Waals surface area contributed by atoms with Crippen LogP contribution in [0.1, 0.15) is 31.4 Å². The highest BCUT2D eigenvalue weighted by Crippen LogP contribution is 2.24. The third-order valence-electron chi connectivity index (χ3n) is 4.46. The van der Waals surface area contributed by atoms with Gasteiger partial charge in [0.25, 0.3) is 0 Å². The van der Waals surface area contributed by atoms with Gasteiger partial charge in [-0.15, -0.1) is 11.8 Å². The van der Waals surface area contributed by atoms with Gasteiger partial charge in [-0.3, -0.25) is 9.59 Å². The normalized spacial score (nSPS) is 11.8. The van der Waals surface area contributed by atoms with E-state index in [4.69, 9.17) is 23.2 Å². The number of carbonyl (C=O) groups excluding carboxylic acids is 2. The molecule has 0 saturated carbocycles. The summed E-state index contributed by atoms with van der Waals surface area (Å²) in [6.07, 6.45) is 0.832. The van der Waals surface area contributed by atoms with Gasteiger partial charge in [-0.05, 0) is 50.1 Å². The zero-order valence-corrected chi connectivity index (χ0v) is 19.2. The first-order valence-corrected chi connectivity index (χ1v) is 11.3. The zero-order chi connectivity index (χ0) is 21.4. The molecule has 2 amide bonds. The molecule has 1 atom stereocenters. The molecule has 0 aliphatic rings. The number of carbonyl (C=O) groups is 2. The smallest absolute Gasteiger partial charge is 0.242 e. The number of hydrogen-bond donors (Lipinski definition) is 1. The maximum absolute atomic E-state index is 13.0. The molecule has 4 nitrogen and oxygen atoms in total. The van der Waals surface area contributed by atoms with E-state index in [-0.39, 0.29) is 24.1 Å². The van der Waals surface area contributed by atoms with Crippen LogP contribution < -0.4 is 5.32 Å². The number of rotatable bonds is 9. The molecule has 0 aromatic heterocycles. The lowest BCUT2D eigenvalue weighted by atomic mass is 10.1. The molecule has 0 radical (unpaired) electrons. The summed E-state index contributed by atoms with van der Waals surface area (Å²) in [7, 11) is 0. The van der Waals surface area contributed by atoms with Crippen molar-refractivity contribution in [3.8, 4) is 0 Å². The number of aryl methyl sites for hydroxylation is 1. The van der Waals surface area contributed by atoms with Gasteiger partial charge in [0.05, 0.1) is 5.75 Å². The molecule has 0 fully saturated rings. The number of benzene rings is 2. The molecule has 0 spiro atoms. The summed E-state index contributed by atoms with van der Waals surface area (Å²) in [5, 5.41) is 3.87.